The van der Waals surface area contributed by atoms with Gasteiger partial charge in [0.25, 0.3) is 0 Å². The van der Waals surface area contributed by atoms with Crippen LogP contribution in [0.1, 0.15) is 40.0 Å². The van der Waals surface area contributed by atoms with E-state index in [-0.39, 0.29) is 0 Å². The Morgan fingerprint density at radius 2 is 1.83 bits per heavy atom. The summed E-state index contributed by atoms with van der Waals surface area (Å²) in [4.78, 5) is 0. The highest BCUT2D eigenvalue weighted by molar-refractivity contribution is 4.56. The van der Waals surface area contributed by atoms with Gasteiger partial charge in [-0.1, -0.05) is 27.2 Å². The Morgan fingerprint density at radius 1 is 1.17 bits per heavy atom. The van der Waals surface area contributed by atoms with Crippen molar-refractivity contribution in [2.24, 2.45) is 11.7 Å². The lowest BCUT2D eigenvalue weighted by atomic mass is 10.0. The third-order valence-corrected chi connectivity index (χ3v) is 2.08. The summed E-state index contributed by atoms with van der Waals surface area (Å²) in [6, 6.07) is 0.622. The molecule has 0 heterocycles. The lowest BCUT2D eigenvalue weighted by Crippen LogP contribution is -2.23. The normalized spacial score (nSPS) is 13.8. The van der Waals surface area contributed by atoms with Gasteiger partial charge < -0.3 is 11.1 Å². The first-order chi connectivity index (χ1) is 5.66. The van der Waals surface area contributed by atoms with E-state index in [0.717, 1.165) is 13.1 Å². The van der Waals surface area contributed by atoms with Gasteiger partial charge in [-0.2, -0.15) is 0 Å². The Kier molecular flexibility index (Phi) is 7.51. The molecule has 0 aromatic carbocycles. The van der Waals surface area contributed by atoms with E-state index in [4.69, 9.17) is 5.73 Å². The summed E-state index contributed by atoms with van der Waals surface area (Å²) in [6.07, 6.45) is 3.86. The van der Waals surface area contributed by atoms with Crippen LogP contribution in [-0.2, 0) is 0 Å². The van der Waals surface area contributed by atoms with Crippen molar-refractivity contribution in [3.63, 3.8) is 0 Å². The van der Waals surface area contributed by atoms with Gasteiger partial charge in [-0.15, -0.1) is 0 Å². The van der Waals surface area contributed by atoms with Crippen LogP contribution in [0.4, 0.5) is 0 Å². The van der Waals surface area contributed by atoms with Gasteiger partial charge in [-0.3, -0.25) is 0 Å². The topological polar surface area (TPSA) is 38.0 Å². The van der Waals surface area contributed by atoms with E-state index < -0.39 is 0 Å². The van der Waals surface area contributed by atoms with Gasteiger partial charge in [0.05, 0.1) is 0 Å². The zero-order valence-corrected chi connectivity index (χ0v) is 8.77. The van der Waals surface area contributed by atoms with Gasteiger partial charge in [-0.05, 0) is 31.8 Å². The molecular weight excluding hydrogens is 148 g/mol. The van der Waals surface area contributed by atoms with Crippen molar-refractivity contribution in [2.45, 2.75) is 46.1 Å². The summed E-state index contributed by atoms with van der Waals surface area (Å²) in [5.41, 5.74) is 5.52. The van der Waals surface area contributed by atoms with Gasteiger partial charge in [0.1, 0.15) is 0 Å². The number of unbranched alkanes of at least 4 members (excludes halogenated alkanes) is 1. The minimum Gasteiger partial charge on any atom is -0.330 e. The first kappa shape index (κ1) is 11.9. The van der Waals surface area contributed by atoms with Crippen molar-refractivity contribution >= 4 is 0 Å². The fraction of sp³-hybridized carbons (Fsp3) is 1.00. The molecule has 0 aliphatic rings. The molecule has 0 radical (unpaired) electrons. The largest absolute Gasteiger partial charge is 0.330 e. The first-order valence-corrected chi connectivity index (χ1v) is 5.10. The summed E-state index contributed by atoms with van der Waals surface area (Å²) in [5.74, 6) is 0.698. The number of hydrogen-bond donors (Lipinski definition) is 2. The van der Waals surface area contributed by atoms with Gasteiger partial charge in [-0.25, -0.2) is 0 Å². The molecule has 1 atom stereocenters. The molecule has 0 fully saturated rings. The lowest BCUT2D eigenvalue weighted by molar-refractivity contribution is 0.484. The van der Waals surface area contributed by atoms with Crippen LogP contribution in [0.25, 0.3) is 0 Å². The van der Waals surface area contributed by atoms with Crippen molar-refractivity contribution < 1.29 is 0 Å². The van der Waals surface area contributed by atoms with Crippen LogP contribution >= 0.6 is 0 Å². The molecule has 0 bridgehead atoms. The second kappa shape index (κ2) is 7.56. The molecule has 0 saturated heterocycles. The molecule has 0 aromatic rings. The van der Waals surface area contributed by atoms with E-state index in [1.54, 1.807) is 0 Å². The SMILES string of the molecule is CC(CN)CCCCNC(C)C. The molecule has 2 nitrogen and oxygen atoms in total. The second-order valence-electron chi connectivity index (χ2n) is 3.95. The molecule has 0 aliphatic heterocycles. The Labute approximate surface area is 76.9 Å². The average molecular weight is 172 g/mol. The van der Waals surface area contributed by atoms with E-state index in [1.165, 1.54) is 19.3 Å². The zero-order chi connectivity index (χ0) is 9.40. The highest BCUT2D eigenvalue weighted by Gasteiger charge is 1.98. The van der Waals surface area contributed by atoms with Crippen molar-refractivity contribution in [1.29, 1.82) is 0 Å². The van der Waals surface area contributed by atoms with E-state index in [9.17, 15) is 0 Å². The van der Waals surface area contributed by atoms with Crippen LogP contribution in [0.15, 0.2) is 0 Å². The van der Waals surface area contributed by atoms with Crippen LogP contribution in [0.5, 0.6) is 0 Å². The number of nitrogens with one attached hydrogen (secondary N) is 1. The third kappa shape index (κ3) is 8.02. The maximum Gasteiger partial charge on any atom is 0.00103 e. The predicted molar refractivity (Wildman–Crippen MR) is 55.2 cm³/mol. The maximum atomic E-state index is 5.52. The molecule has 0 spiro atoms. The van der Waals surface area contributed by atoms with Crippen molar-refractivity contribution in [1.82, 2.24) is 5.32 Å². The maximum absolute atomic E-state index is 5.52. The zero-order valence-electron chi connectivity index (χ0n) is 8.77. The summed E-state index contributed by atoms with van der Waals surface area (Å²) >= 11 is 0. The Hall–Kier alpha value is -0.0800. The van der Waals surface area contributed by atoms with E-state index in [2.05, 4.69) is 26.1 Å². The lowest BCUT2D eigenvalue weighted by Gasteiger charge is -2.09. The number of nitrogens with two attached hydrogens (primary N) is 1. The van der Waals surface area contributed by atoms with Crippen LogP contribution < -0.4 is 11.1 Å². The molecule has 0 aromatic heterocycles. The van der Waals surface area contributed by atoms with Gasteiger partial charge in [0.15, 0.2) is 0 Å². The molecule has 2 heteroatoms. The second-order valence-corrected chi connectivity index (χ2v) is 3.95. The molecule has 0 aliphatic carbocycles. The molecule has 3 N–H and O–H groups in total. The van der Waals surface area contributed by atoms with Gasteiger partial charge >= 0.3 is 0 Å². The van der Waals surface area contributed by atoms with Crippen molar-refractivity contribution in [2.75, 3.05) is 13.1 Å². The van der Waals surface area contributed by atoms with Gasteiger partial charge in [0, 0.05) is 6.04 Å². The van der Waals surface area contributed by atoms with Crippen LogP contribution in [0.2, 0.25) is 0 Å². The minimum atomic E-state index is 0.622. The Balaban J connectivity index is 3.00. The van der Waals surface area contributed by atoms with Crippen molar-refractivity contribution in [3.8, 4) is 0 Å². The summed E-state index contributed by atoms with van der Waals surface area (Å²) in [6.45, 7) is 8.56. The minimum absolute atomic E-state index is 0.622. The van der Waals surface area contributed by atoms with Gasteiger partial charge in [0.2, 0.25) is 0 Å². The van der Waals surface area contributed by atoms with E-state index in [0.29, 0.717) is 12.0 Å². The van der Waals surface area contributed by atoms with Crippen LogP contribution in [-0.4, -0.2) is 19.1 Å². The standard InChI is InChI=1S/C10H24N2/c1-9(2)12-7-5-4-6-10(3)8-11/h9-10,12H,4-8,11H2,1-3H3. The number of hydrogen-bond acceptors (Lipinski definition) is 2. The molecule has 0 rings (SSSR count). The highest BCUT2D eigenvalue weighted by Crippen LogP contribution is 2.04. The third-order valence-electron chi connectivity index (χ3n) is 2.08. The summed E-state index contributed by atoms with van der Waals surface area (Å²) < 4.78 is 0. The highest BCUT2D eigenvalue weighted by atomic mass is 14.9. The quantitative estimate of drug-likeness (QED) is 0.574. The molecule has 12 heavy (non-hydrogen) atoms. The molecular formula is C10H24N2. The fourth-order valence-electron chi connectivity index (χ4n) is 1.13. The van der Waals surface area contributed by atoms with Crippen LogP contribution in [0.3, 0.4) is 0 Å². The molecule has 0 amide bonds. The predicted octanol–water partition coefficient (Wildman–Crippen LogP) is 1.75. The first-order valence-electron chi connectivity index (χ1n) is 5.10. The Morgan fingerprint density at radius 3 is 2.33 bits per heavy atom. The fourth-order valence-corrected chi connectivity index (χ4v) is 1.13. The summed E-state index contributed by atoms with van der Waals surface area (Å²) in [5, 5.41) is 3.41. The number of rotatable bonds is 7. The monoisotopic (exact) mass is 172 g/mol. The molecule has 1 unspecified atom stereocenters. The molecule has 74 valence electrons. The summed E-state index contributed by atoms with van der Waals surface area (Å²) in [7, 11) is 0. The van der Waals surface area contributed by atoms with Crippen LogP contribution in [0, 0.1) is 5.92 Å². The molecule has 0 saturated carbocycles. The Bertz CT molecular complexity index is 91.8. The smallest absolute Gasteiger partial charge is 0.00103 e. The van der Waals surface area contributed by atoms with E-state index >= 15 is 0 Å². The van der Waals surface area contributed by atoms with Crippen molar-refractivity contribution in [3.05, 3.63) is 0 Å². The van der Waals surface area contributed by atoms with E-state index in [1.807, 2.05) is 0 Å². The average Bonchev–Trinajstić information content (AvgIpc) is 2.03.